The van der Waals surface area contributed by atoms with E-state index in [1.165, 1.54) is 0 Å². The number of unbranched alkanes of at least 4 members (excludes halogenated alkanes) is 1. The van der Waals surface area contributed by atoms with Gasteiger partial charge < -0.3 is 10.4 Å². The first kappa shape index (κ1) is 13.7. The SMILES string of the molecule is C/C=C/CCNC(=O)CCCCC(=O)O. The van der Waals surface area contributed by atoms with Gasteiger partial charge in [-0.3, -0.25) is 9.59 Å². The Kier molecular flexibility index (Phi) is 8.43. The number of carboxylic acid groups (broad SMARTS) is 1. The van der Waals surface area contributed by atoms with Crippen molar-refractivity contribution >= 4 is 11.9 Å². The molecule has 0 unspecified atom stereocenters. The fourth-order valence-corrected chi connectivity index (χ4v) is 1.11. The largest absolute Gasteiger partial charge is 0.481 e. The van der Waals surface area contributed by atoms with Gasteiger partial charge >= 0.3 is 5.97 Å². The van der Waals surface area contributed by atoms with E-state index in [1.54, 1.807) is 0 Å². The Balaban J connectivity index is 3.29. The summed E-state index contributed by atoms with van der Waals surface area (Å²) in [7, 11) is 0. The van der Waals surface area contributed by atoms with Crippen LogP contribution >= 0.6 is 0 Å². The van der Waals surface area contributed by atoms with Crippen LogP contribution in [0.5, 0.6) is 0 Å². The lowest BCUT2D eigenvalue weighted by Gasteiger charge is -2.02. The zero-order valence-corrected chi connectivity index (χ0v) is 9.16. The van der Waals surface area contributed by atoms with E-state index in [4.69, 9.17) is 5.11 Å². The van der Waals surface area contributed by atoms with Crippen LogP contribution in [-0.4, -0.2) is 23.5 Å². The second kappa shape index (κ2) is 9.24. The van der Waals surface area contributed by atoms with Crippen molar-refractivity contribution in [2.45, 2.75) is 39.0 Å². The lowest BCUT2D eigenvalue weighted by atomic mass is 10.2. The van der Waals surface area contributed by atoms with Crippen LogP contribution in [0.25, 0.3) is 0 Å². The maximum absolute atomic E-state index is 11.2. The standard InChI is InChI=1S/C11H19NO3/c1-2-3-6-9-12-10(13)7-4-5-8-11(14)15/h2-3H,4-9H2,1H3,(H,12,13)(H,14,15)/b3-2+. The quantitative estimate of drug-likeness (QED) is 0.476. The maximum atomic E-state index is 11.2. The van der Waals surface area contributed by atoms with Crippen LogP contribution < -0.4 is 5.32 Å². The van der Waals surface area contributed by atoms with Crippen LogP contribution in [0.15, 0.2) is 12.2 Å². The topological polar surface area (TPSA) is 66.4 Å². The van der Waals surface area contributed by atoms with Gasteiger partial charge in [-0.25, -0.2) is 0 Å². The minimum atomic E-state index is -0.802. The van der Waals surface area contributed by atoms with E-state index in [2.05, 4.69) is 5.32 Å². The van der Waals surface area contributed by atoms with Gasteiger partial charge in [0.15, 0.2) is 0 Å². The number of aliphatic carboxylic acids is 1. The lowest BCUT2D eigenvalue weighted by Crippen LogP contribution is -2.23. The number of rotatable bonds is 8. The molecule has 86 valence electrons. The third-order valence-electron chi connectivity index (χ3n) is 1.91. The molecule has 0 saturated heterocycles. The minimum absolute atomic E-state index is 0.00453. The summed E-state index contributed by atoms with van der Waals surface area (Å²) < 4.78 is 0. The lowest BCUT2D eigenvalue weighted by molar-refractivity contribution is -0.137. The Bertz CT molecular complexity index is 224. The summed E-state index contributed by atoms with van der Waals surface area (Å²) in [5.74, 6) is -0.798. The molecule has 0 atom stereocenters. The molecule has 0 aromatic carbocycles. The molecule has 0 radical (unpaired) electrons. The van der Waals surface area contributed by atoms with E-state index < -0.39 is 5.97 Å². The molecule has 0 heterocycles. The number of nitrogens with one attached hydrogen (secondary N) is 1. The molecule has 2 N–H and O–H groups in total. The summed E-state index contributed by atoms with van der Waals surface area (Å²) in [5, 5.41) is 11.1. The number of carbonyl (C=O) groups excluding carboxylic acids is 1. The highest BCUT2D eigenvalue weighted by Crippen LogP contribution is 1.99. The normalized spacial score (nSPS) is 10.5. The van der Waals surface area contributed by atoms with Crippen molar-refractivity contribution in [2.24, 2.45) is 0 Å². The summed E-state index contributed by atoms with van der Waals surface area (Å²) in [4.78, 5) is 21.3. The number of hydrogen-bond acceptors (Lipinski definition) is 2. The number of amides is 1. The Morgan fingerprint density at radius 3 is 2.53 bits per heavy atom. The first-order valence-electron chi connectivity index (χ1n) is 5.26. The molecule has 0 spiro atoms. The van der Waals surface area contributed by atoms with E-state index in [0.29, 0.717) is 25.8 Å². The number of carboxylic acids is 1. The fourth-order valence-electron chi connectivity index (χ4n) is 1.11. The highest BCUT2D eigenvalue weighted by Gasteiger charge is 2.01. The fraction of sp³-hybridized carbons (Fsp3) is 0.636. The van der Waals surface area contributed by atoms with Crippen molar-refractivity contribution in [3.05, 3.63) is 12.2 Å². The van der Waals surface area contributed by atoms with Gasteiger partial charge in [0.2, 0.25) is 5.91 Å². The molecule has 0 bridgehead atoms. The molecule has 0 fully saturated rings. The molecule has 0 aliphatic heterocycles. The maximum Gasteiger partial charge on any atom is 0.303 e. The Hall–Kier alpha value is -1.32. The average molecular weight is 213 g/mol. The average Bonchev–Trinajstić information content (AvgIpc) is 2.19. The van der Waals surface area contributed by atoms with Crippen molar-refractivity contribution in [3.8, 4) is 0 Å². The molecule has 0 aliphatic rings. The second-order valence-electron chi connectivity index (χ2n) is 3.31. The summed E-state index contributed by atoms with van der Waals surface area (Å²) >= 11 is 0. The Morgan fingerprint density at radius 1 is 1.27 bits per heavy atom. The van der Waals surface area contributed by atoms with Gasteiger partial charge in [0.05, 0.1) is 0 Å². The summed E-state index contributed by atoms with van der Waals surface area (Å²) in [6.45, 7) is 2.59. The van der Waals surface area contributed by atoms with Crippen LogP contribution in [0, 0.1) is 0 Å². The molecule has 0 aromatic heterocycles. The predicted molar refractivity (Wildman–Crippen MR) is 58.5 cm³/mol. The monoisotopic (exact) mass is 213 g/mol. The summed E-state index contributed by atoms with van der Waals surface area (Å²) in [5.41, 5.74) is 0. The third-order valence-corrected chi connectivity index (χ3v) is 1.91. The molecular formula is C11H19NO3. The second-order valence-corrected chi connectivity index (χ2v) is 3.31. The first-order chi connectivity index (χ1) is 7.16. The highest BCUT2D eigenvalue weighted by atomic mass is 16.4. The summed E-state index contributed by atoms with van der Waals surface area (Å²) in [6.07, 6.45) is 6.55. The molecule has 0 saturated carbocycles. The van der Waals surface area contributed by atoms with Crippen molar-refractivity contribution < 1.29 is 14.7 Å². The van der Waals surface area contributed by atoms with Crippen LogP contribution in [0.4, 0.5) is 0 Å². The van der Waals surface area contributed by atoms with Gasteiger partial charge in [0.1, 0.15) is 0 Å². The van der Waals surface area contributed by atoms with E-state index in [9.17, 15) is 9.59 Å². The van der Waals surface area contributed by atoms with Crippen LogP contribution in [0.2, 0.25) is 0 Å². The van der Waals surface area contributed by atoms with Gasteiger partial charge in [-0.2, -0.15) is 0 Å². The minimum Gasteiger partial charge on any atom is -0.481 e. The molecule has 0 aromatic rings. The zero-order valence-electron chi connectivity index (χ0n) is 9.16. The molecular weight excluding hydrogens is 194 g/mol. The predicted octanol–water partition coefficient (Wildman–Crippen LogP) is 1.71. The molecule has 0 aliphatic carbocycles. The molecule has 15 heavy (non-hydrogen) atoms. The van der Waals surface area contributed by atoms with Crippen LogP contribution in [0.3, 0.4) is 0 Å². The van der Waals surface area contributed by atoms with Gasteiger partial charge in [0.25, 0.3) is 0 Å². The highest BCUT2D eigenvalue weighted by molar-refractivity contribution is 5.75. The van der Waals surface area contributed by atoms with E-state index >= 15 is 0 Å². The molecule has 4 nitrogen and oxygen atoms in total. The van der Waals surface area contributed by atoms with E-state index in [1.807, 2.05) is 19.1 Å². The van der Waals surface area contributed by atoms with E-state index in [-0.39, 0.29) is 12.3 Å². The molecule has 1 amide bonds. The number of hydrogen-bond donors (Lipinski definition) is 2. The summed E-state index contributed by atoms with van der Waals surface area (Å²) in [6, 6.07) is 0. The van der Waals surface area contributed by atoms with Crippen molar-refractivity contribution in [2.75, 3.05) is 6.54 Å². The van der Waals surface area contributed by atoms with Crippen LogP contribution in [0.1, 0.15) is 39.0 Å². The Labute approximate surface area is 90.4 Å². The van der Waals surface area contributed by atoms with Crippen molar-refractivity contribution in [3.63, 3.8) is 0 Å². The number of carbonyl (C=O) groups is 2. The Morgan fingerprint density at radius 2 is 1.93 bits per heavy atom. The van der Waals surface area contributed by atoms with Crippen LogP contribution in [-0.2, 0) is 9.59 Å². The smallest absolute Gasteiger partial charge is 0.303 e. The van der Waals surface area contributed by atoms with Gasteiger partial charge in [-0.05, 0) is 26.2 Å². The number of allylic oxidation sites excluding steroid dienone is 1. The molecule has 0 rings (SSSR count). The third kappa shape index (κ3) is 10.6. The molecule has 4 heteroatoms. The van der Waals surface area contributed by atoms with Crippen molar-refractivity contribution in [1.29, 1.82) is 0 Å². The van der Waals surface area contributed by atoms with E-state index in [0.717, 1.165) is 6.42 Å². The zero-order chi connectivity index (χ0) is 11.5. The van der Waals surface area contributed by atoms with Gasteiger partial charge in [-0.15, -0.1) is 0 Å². The first-order valence-corrected chi connectivity index (χ1v) is 5.26. The van der Waals surface area contributed by atoms with Crippen molar-refractivity contribution in [1.82, 2.24) is 5.32 Å². The van der Waals surface area contributed by atoms with Gasteiger partial charge in [0, 0.05) is 19.4 Å². The van der Waals surface area contributed by atoms with Gasteiger partial charge in [-0.1, -0.05) is 12.2 Å².